The molecule has 5 nitrogen and oxygen atoms in total. The van der Waals surface area contributed by atoms with Crippen molar-refractivity contribution < 1.29 is 24.9 Å². The average Bonchev–Trinajstić information content (AvgIpc) is 3.24. The summed E-state index contributed by atoms with van der Waals surface area (Å²) in [7, 11) is 1.40. The van der Waals surface area contributed by atoms with E-state index in [-0.39, 0.29) is 25.1 Å². The standard InChI is InChI=1S/C24H42O5/c1-23(2,16-11-13-19-26)21(27)24(22(28)29-3,20-14-8-9-15-20)17-10-6-4-5-7-12-18-25/h10-11,16-17,20-21,25-27H,4-9,12-15,18-19H2,1-3H3/b16-11-,17-10+/t21-,24-/m1/s1. The Morgan fingerprint density at radius 3 is 2.21 bits per heavy atom. The normalized spacial score (nSPS) is 19.1. The van der Waals surface area contributed by atoms with Crippen molar-refractivity contribution in [1.82, 2.24) is 0 Å². The Labute approximate surface area is 176 Å². The molecule has 1 saturated carbocycles. The van der Waals surface area contributed by atoms with E-state index in [9.17, 15) is 9.90 Å². The van der Waals surface area contributed by atoms with Crippen molar-refractivity contribution in [2.45, 2.75) is 84.2 Å². The van der Waals surface area contributed by atoms with Gasteiger partial charge < -0.3 is 20.1 Å². The highest BCUT2D eigenvalue weighted by Gasteiger charge is 2.54. The number of aliphatic hydroxyl groups excluding tert-OH is 3. The highest BCUT2D eigenvalue weighted by molar-refractivity contribution is 5.80. The molecule has 0 heterocycles. The van der Waals surface area contributed by atoms with Gasteiger partial charge in [-0.25, -0.2) is 0 Å². The molecule has 5 heteroatoms. The zero-order valence-corrected chi connectivity index (χ0v) is 18.6. The highest BCUT2D eigenvalue weighted by atomic mass is 16.5. The summed E-state index contributed by atoms with van der Waals surface area (Å²) >= 11 is 0. The van der Waals surface area contributed by atoms with E-state index in [4.69, 9.17) is 14.9 Å². The number of allylic oxidation sites excluding steroid dienone is 1. The van der Waals surface area contributed by atoms with Crippen molar-refractivity contribution in [3.05, 3.63) is 24.3 Å². The average molecular weight is 411 g/mol. The van der Waals surface area contributed by atoms with Crippen LogP contribution in [0.15, 0.2) is 24.3 Å². The third-order valence-electron chi connectivity index (χ3n) is 6.24. The Bertz CT molecular complexity index is 519. The maximum absolute atomic E-state index is 13.1. The first-order valence-corrected chi connectivity index (χ1v) is 11.2. The molecule has 0 aromatic heterocycles. The van der Waals surface area contributed by atoms with Gasteiger partial charge in [-0.05, 0) is 44.4 Å². The van der Waals surface area contributed by atoms with Gasteiger partial charge in [-0.3, -0.25) is 4.79 Å². The van der Waals surface area contributed by atoms with E-state index in [1.54, 1.807) is 0 Å². The van der Waals surface area contributed by atoms with Crippen LogP contribution in [0.5, 0.6) is 0 Å². The molecule has 0 unspecified atom stereocenters. The number of carbonyl (C=O) groups excluding carboxylic acids is 1. The number of ether oxygens (including phenoxy) is 1. The zero-order valence-electron chi connectivity index (χ0n) is 18.6. The number of rotatable bonds is 14. The van der Waals surface area contributed by atoms with E-state index < -0.39 is 16.9 Å². The Kier molecular flexibility index (Phi) is 11.8. The molecule has 1 aliphatic rings. The molecule has 0 bridgehead atoms. The van der Waals surface area contributed by atoms with Crippen molar-refractivity contribution in [1.29, 1.82) is 0 Å². The number of carbonyl (C=O) groups is 1. The number of methoxy groups -OCH3 is 1. The van der Waals surface area contributed by atoms with Gasteiger partial charge >= 0.3 is 5.97 Å². The van der Waals surface area contributed by atoms with Crippen molar-refractivity contribution >= 4 is 5.97 Å². The lowest BCUT2D eigenvalue weighted by atomic mass is 9.62. The summed E-state index contributed by atoms with van der Waals surface area (Å²) in [6, 6.07) is 0. The Morgan fingerprint density at radius 1 is 1.00 bits per heavy atom. The first-order chi connectivity index (χ1) is 13.9. The molecule has 1 rings (SSSR count). The molecule has 0 radical (unpaired) electrons. The van der Waals surface area contributed by atoms with Crippen LogP contribution in [0.1, 0.15) is 78.1 Å². The van der Waals surface area contributed by atoms with E-state index in [1.165, 1.54) is 7.11 Å². The van der Waals surface area contributed by atoms with Gasteiger partial charge in [-0.15, -0.1) is 0 Å². The highest BCUT2D eigenvalue weighted by Crippen LogP contribution is 2.49. The van der Waals surface area contributed by atoms with Crippen molar-refractivity contribution in [3.63, 3.8) is 0 Å². The summed E-state index contributed by atoms with van der Waals surface area (Å²) in [5.74, 6) is -0.307. The molecule has 1 aliphatic carbocycles. The minimum atomic E-state index is -1.07. The van der Waals surface area contributed by atoms with Crippen molar-refractivity contribution in [2.24, 2.45) is 16.7 Å². The second kappa shape index (κ2) is 13.2. The van der Waals surface area contributed by atoms with E-state index in [0.29, 0.717) is 6.42 Å². The molecule has 0 saturated heterocycles. The summed E-state index contributed by atoms with van der Waals surface area (Å²) in [6.45, 7) is 4.15. The van der Waals surface area contributed by atoms with Gasteiger partial charge in [0, 0.05) is 18.6 Å². The van der Waals surface area contributed by atoms with Crippen molar-refractivity contribution in [3.8, 4) is 0 Å². The van der Waals surface area contributed by atoms with Crippen LogP contribution in [-0.4, -0.2) is 47.7 Å². The molecule has 0 amide bonds. The molecule has 0 aliphatic heterocycles. The van der Waals surface area contributed by atoms with E-state index in [2.05, 4.69) is 0 Å². The van der Waals surface area contributed by atoms with Crippen LogP contribution in [0.3, 0.4) is 0 Å². The maximum atomic E-state index is 13.1. The topological polar surface area (TPSA) is 87.0 Å². The summed E-state index contributed by atoms with van der Waals surface area (Å²) in [6.07, 6.45) is 16.0. The molecule has 29 heavy (non-hydrogen) atoms. The van der Waals surface area contributed by atoms with Crippen molar-refractivity contribution in [2.75, 3.05) is 20.3 Å². The Balaban J connectivity index is 3.12. The zero-order chi connectivity index (χ0) is 21.8. The Morgan fingerprint density at radius 2 is 1.62 bits per heavy atom. The molecule has 168 valence electrons. The van der Waals surface area contributed by atoms with Crippen LogP contribution >= 0.6 is 0 Å². The lowest BCUT2D eigenvalue weighted by molar-refractivity contribution is -0.165. The number of esters is 1. The summed E-state index contributed by atoms with van der Waals surface area (Å²) < 4.78 is 5.24. The molecule has 0 aromatic rings. The smallest absolute Gasteiger partial charge is 0.318 e. The fourth-order valence-corrected chi connectivity index (χ4v) is 4.55. The van der Waals surface area contributed by atoms with Gasteiger partial charge in [0.25, 0.3) is 0 Å². The predicted octanol–water partition coefficient (Wildman–Crippen LogP) is 4.16. The lowest BCUT2D eigenvalue weighted by Gasteiger charge is -2.44. The van der Waals surface area contributed by atoms with Gasteiger partial charge in [-0.2, -0.15) is 0 Å². The van der Waals surface area contributed by atoms with Gasteiger partial charge in [0.2, 0.25) is 0 Å². The maximum Gasteiger partial charge on any atom is 0.318 e. The van der Waals surface area contributed by atoms with E-state index in [0.717, 1.165) is 57.8 Å². The molecular formula is C24H42O5. The Hall–Kier alpha value is -1.17. The van der Waals surface area contributed by atoms with E-state index >= 15 is 0 Å². The fraction of sp³-hybridized carbons (Fsp3) is 0.792. The molecule has 0 aromatic carbocycles. The number of hydrogen-bond acceptors (Lipinski definition) is 5. The second-order valence-electron chi connectivity index (χ2n) is 8.87. The molecule has 0 spiro atoms. The fourth-order valence-electron chi connectivity index (χ4n) is 4.55. The number of hydrogen-bond donors (Lipinski definition) is 3. The van der Waals surface area contributed by atoms with Crippen LogP contribution in [-0.2, 0) is 9.53 Å². The van der Waals surface area contributed by atoms with Crippen LogP contribution in [0.4, 0.5) is 0 Å². The molecule has 3 N–H and O–H groups in total. The minimum Gasteiger partial charge on any atom is -0.468 e. The first kappa shape index (κ1) is 25.9. The van der Waals surface area contributed by atoms with Gasteiger partial charge in [0.05, 0.1) is 13.2 Å². The van der Waals surface area contributed by atoms with E-state index in [1.807, 2.05) is 38.2 Å². The summed E-state index contributed by atoms with van der Waals surface area (Å²) in [5.41, 5.74) is -1.71. The van der Waals surface area contributed by atoms with Gasteiger partial charge in [0.15, 0.2) is 0 Å². The summed E-state index contributed by atoms with van der Waals surface area (Å²) in [4.78, 5) is 13.1. The monoisotopic (exact) mass is 410 g/mol. The number of unbranched alkanes of at least 4 members (excludes halogenated alkanes) is 4. The van der Waals surface area contributed by atoms with Crippen LogP contribution in [0, 0.1) is 16.7 Å². The quantitative estimate of drug-likeness (QED) is 0.227. The molecule has 1 fully saturated rings. The molecule has 2 atom stereocenters. The molecular weight excluding hydrogens is 368 g/mol. The van der Waals surface area contributed by atoms with Crippen LogP contribution in [0.25, 0.3) is 0 Å². The van der Waals surface area contributed by atoms with Gasteiger partial charge in [-0.1, -0.05) is 63.8 Å². The predicted molar refractivity (Wildman–Crippen MR) is 116 cm³/mol. The van der Waals surface area contributed by atoms with Crippen LogP contribution < -0.4 is 0 Å². The van der Waals surface area contributed by atoms with Gasteiger partial charge in [0.1, 0.15) is 5.41 Å². The lowest BCUT2D eigenvalue weighted by Crippen LogP contribution is -2.52. The number of aliphatic hydroxyl groups is 3. The summed E-state index contributed by atoms with van der Waals surface area (Å²) in [5, 5.41) is 29.5. The second-order valence-corrected chi connectivity index (χ2v) is 8.87. The minimum absolute atomic E-state index is 0.0566. The third kappa shape index (κ3) is 7.23. The van der Waals surface area contributed by atoms with Crippen LogP contribution in [0.2, 0.25) is 0 Å². The SMILES string of the molecule is COC(=O)[C@](/C=C/CCCCCCO)(C1CCCC1)[C@H](O)C(C)(C)/C=C\CCO. The first-order valence-electron chi connectivity index (χ1n) is 11.2. The third-order valence-corrected chi connectivity index (χ3v) is 6.24. The largest absolute Gasteiger partial charge is 0.468 e.